The molecule has 0 unspecified atom stereocenters. The summed E-state index contributed by atoms with van der Waals surface area (Å²) in [6.07, 6.45) is 4.66. The molecule has 80 heavy (non-hydrogen) atoms. The van der Waals surface area contributed by atoms with Gasteiger partial charge in [0.15, 0.2) is 0 Å². The third-order valence-electron chi connectivity index (χ3n) is 12.2. The number of hydrogen-bond acceptors (Lipinski definition) is 7. The molecule has 5 aromatic heterocycles. The smallest absolute Gasteiger partial charge is 0.213 e. The molecule has 5 heterocycles. The maximum Gasteiger partial charge on any atom is 0.213 e. The Morgan fingerprint density at radius 1 is 0.362 bits per heavy atom. The first-order valence-corrected chi connectivity index (χ1v) is 28.9. The van der Waals surface area contributed by atoms with E-state index in [2.05, 4.69) is 233 Å². The summed E-state index contributed by atoms with van der Waals surface area (Å²) in [5.41, 5.74) is 13.3. The summed E-state index contributed by atoms with van der Waals surface area (Å²) < 4.78 is 17.3. The molecule has 0 atom stereocenters. The van der Waals surface area contributed by atoms with Crippen LogP contribution >= 0.6 is 0 Å². The van der Waals surface area contributed by atoms with Gasteiger partial charge in [-0.2, -0.15) is 0 Å². The van der Waals surface area contributed by atoms with Crippen molar-refractivity contribution in [3.63, 3.8) is 0 Å². The average Bonchev–Trinajstić information content (AvgIpc) is 3.45. The van der Waals surface area contributed by atoms with Gasteiger partial charge in [0.1, 0.15) is 11.6 Å². The van der Waals surface area contributed by atoms with Gasteiger partial charge in [0.25, 0.3) is 0 Å². The predicted octanol–water partition coefficient (Wildman–Crippen LogP) is 20.5. The molecule has 0 aliphatic heterocycles. The van der Waals surface area contributed by atoms with E-state index in [1.807, 2.05) is 86.8 Å². The van der Waals surface area contributed by atoms with Crippen LogP contribution in [0.3, 0.4) is 0 Å². The molecule has 0 saturated heterocycles. The lowest BCUT2D eigenvalue weighted by atomic mass is 10.0. The maximum absolute atomic E-state index is 12.4. The van der Waals surface area contributed by atoms with Crippen molar-refractivity contribution >= 4 is 0 Å². The zero-order valence-electron chi connectivity index (χ0n) is 53.0. The van der Waals surface area contributed by atoms with E-state index in [0.29, 0.717) is 53.2 Å². The monoisotopic (exact) mass is 1080 g/mol. The summed E-state index contributed by atoms with van der Waals surface area (Å²) in [5, 5.41) is 0. The first-order chi connectivity index (χ1) is 37.9. The number of rotatable bonds is 10. The van der Waals surface area contributed by atoms with Crippen molar-refractivity contribution in [3.05, 3.63) is 244 Å². The minimum atomic E-state index is -0.163. The lowest BCUT2D eigenvalue weighted by molar-refractivity contribution is 0.395. The summed E-state index contributed by atoms with van der Waals surface area (Å²) in [6, 6.07) is 52.0. The molecule has 0 aliphatic rings. The number of halogens is 1. The van der Waals surface area contributed by atoms with E-state index in [4.69, 9.17) is 4.74 Å². The lowest BCUT2D eigenvalue weighted by Crippen LogP contribution is -1.97. The Kier molecular flexibility index (Phi) is 35.8. The number of methoxy groups -OCH3 is 1. The van der Waals surface area contributed by atoms with E-state index in [1.165, 1.54) is 51.5 Å². The van der Waals surface area contributed by atoms with E-state index in [1.54, 1.807) is 13.3 Å². The molecule has 8 rings (SSSR count). The fourth-order valence-corrected chi connectivity index (χ4v) is 6.87. The highest BCUT2D eigenvalue weighted by Gasteiger charge is 2.04. The summed E-state index contributed by atoms with van der Waals surface area (Å²) >= 11 is 0. The average molecular weight is 1090 g/mol. The van der Waals surface area contributed by atoms with Crippen LogP contribution in [0.2, 0.25) is 0 Å². The second kappa shape index (κ2) is 40.3. The van der Waals surface area contributed by atoms with Gasteiger partial charge in [0, 0.05) is 64.2 Å². The molecule has 0 radical (unpaired) electrons. The van der Waals surface area contributed by atoms with Crippen molar-refractivity contribution in [1.82, 2.24) is 29.9 Å². The molecule has 0 fully saturated rings. The second-order valence-electron chi connectivity index (χ2n) is 22.1. The van der Waals surface area contributed by atoms with Crippen LogP contribution in [0.1, 0.15) is 233 Å². The van der Waals surface area contributed by atoms with E-state index < -0.39 is 0 Å². The lowest BCUT2D eigenvalue weighted by Gasteiger charge is -2.04. The molecule has 0 aliphatic carbocycles. The van der Waals surface area contributed by atoms with E-state index in [9.17, 15) is 4.39 Å². The van der Waals surface area contributed by atoms with Gasteiger partial charge in [-0.25, -0.2) is 19.3 Å². The number of aromatic nitrogens is 6. The fraction of sp³-hybridized carbons (Fsp3) is 0.417. The number of benzene rings is 3. The number of hydrogen-bond donors (Lipinski definition) is 0. The first kappa shape index (κ1) is 71.1. The molecule has 0 saturated carbocycles. The SMILES string of the molecule is CC(C)c1ccc(F)cc1.CC(C)c1ccccc1.CC(C)c1ccccn1.CCc1cccc(C(C)C)n1.COc1cccc(C(C)C)n1.Cc1ccc(C(C)C)cc1.Cc1cccc(C(C)C)n1.Cc1ccnc(C(C)C)n1. The summed E-state index contributed by atoms with van der Waals surface area (Å²) in [4.78, 5) is 25.7. The van der Waals surface area contributed by atoms with Crippen LogP contribution in [0.5, 0.6) is 5.88 Å². The quantitative estimate of drug-likeness (QED) is 0.135. The third kappa shape index (κ3) is 31.6. The molecule has 432 valence electrons. The minimum Gasteiger partial charge on any atom is -0.481 e. The van der Waals surface area contributed by atoms with Crippen molar-refractivity contribution in [2.75, 3.05) is 7.11 Å². The van der Waals surface area contributed by atoms with Gasteiger partial charge in [0.2, 0.25) is 5.88 Å². The van der Waals surface area contributed by atoms with Gasteiger partial charge < -0.3 is 4.74 Å². The second-order valence-corrected chi connectivity index (χ2v) is 22.1. The highest BCUT2D eigenvalue weighted by Crippen LogP contribution is 2.18. The number of ether oxygens (including phenoxy) is 1. The van der Waals surface area contributed by atoms with Gasteiger partial charge >= 0.3 is 0 Å². The zero-order valence-corrected chi connectivity index (χ0v) is 53.0. The number of nitrogens with zero attached hydrogens (tertiary/aromatic N) is 6. The molecular weight excluding hydrogens is 984 g/mol. The molecular formula is C72H101FN6O. The van der Waals surface area contributed by atoms with Gasteiger partial charge in [-0.3, -0.25) is 15.0 Å². The minimum absolute atomic E-state index is 0.163. The van der Waals surface area contributed by atoms with E-state index >= 15 is 0 Å². The fourth-order valence-electron chi connectivity index (χ4n) is 6.87. The van der Waals surface area contributed by atoms with Gasteiger partial charge in [-0.05, 0) is 146 Å². The molecule has 0 amide bonds. The van der Waals surface area contributed by atoms with Crippen LogP contribution in [0.25, 0.3) is 0 Å². The topological polar surface area (TPSA) is 86.6 Å². The Hall–Kier alpha value is -6.93. The van der Waals surface area contributed by atoms with Crippen molar-refractivity contribution < 1.29 is 9.13 Å². The maximum atomic E-state index is 12.4. The molecule has 7 nitrogen and oxygen atoms in total. The standard InChI is InChI=1S/C10H15N.C10H14.C9H11F.C9H13NO.C9H13N.C9H12.C8H12N2.C8H11N/c1-4-9-6-5-7-10(11-9)8(2)3;1-8(2)10-6-4-9(3)5-7-10;1-7(2)8-3-5-9(10)6-4-8;1-7(2)8-5-4-6-9(10-8)11-3;1-7(2)9-6-4-5-8(3)10-9;1-8(2)9-6-4-3-5-7-9;1-6(2)8-9-5-4-7(3)10-8;1-7(2)8-5-3-4-6-9-8/h5-8H,4H2,1-3H3;4-8H,1-3H3;3-7H,1-2H3;4-7H,1-3H3;4-7H,1-3H3;3-8H,1-2H3;4-6H,1-3H3;3-7H,1-2H3. The Morgan fingerprint density at radius 2 is 0.800 bits per heavy atom. The Bertz CT molecular complexity index is 2600. The molecule has 0 bridgehead atoms. The highest BCUT2D eigenvalue weighted by molar-refractivity contribution is 5.24. The van der Waals surface area contributed by atoms with Crippen LogP contribution in [-0.4, -0.2) is 37.0 Å². The summed E-state index contributed by atoms with van der Waals surface area (Å²) in [5.74, 6) is 5.78. The largest absolute Gasteiger partial charge is 0.481 e. The van der Waals surface area contributed by atoms with Crippen LogP contribution in [0, 0.1) is 26.6 Å². The highest BCUT2D eigenvalue weighted by atomic mass is 19.1. The molecule has 8 heteroatoms. The van der Waals surface area contributed by atoms with Crippen molar-refractivity contribution in [2.45, 2.75) is 192 Å². The van der Waals surface area contributed by atoms with Gasteiger partial charge in [0.05, 0.1) is 7.11 Å². The molecule has 8 aromatic rings. The molecule has 3 aromatic carbocycles. The Balaban J connectivity index is 0.000000458. The van der Waals surface area contributed by atoms with Crippen molar-refractivity contribution in [3.8, 4) is 5.88 Å². The summed E-state index contributed by atoms with van der Waals surface area (Å²) in [6.45, 7) is 42.6. The first-order valence-electron chi connectivity index (χ1n) is 28.9. The van der Waals surface area contributed by atoms with E-state index in [0.717, 1.165) is 35.0 Å². The van der Waals surface area contributed by atoms with Crippen LogP contribution in [-0.2, 0) is 6.42 Å². The van der Waals surface area contributed by atoms with Crippen LogP contribution in [0.4, 0.5) is 4.39 Å². The number of aryl methyl sites for hydroxylation is 4. The van der Waals surface area contributed by atoms with Crippen molar-refractivity contribution in [1.29, 1.82) is 0 Å². The molecule has 0 N–H and O–H groups in total. The zero-order chi connectivity index (χ0) is 60.2. The summed E-state index contributed by atoms with van der Waals surface area (Å²) in [7, 11) is 1.63. The van der Waals surface area contributed by atoms with Crippen LogP contribution in [0.15, 0.2) is 170 Å². The predicted molar refractivity (Wildman–Crippen MR) is 341 cm³/mol. The van der Waals surface area contributed by atoms with Crippen molar-refractivity contribution in [2.24, 2.45) is 0 Å². The van der Waals surface area contributed by atoms with E-state index in [-0.39, 0.29) is 5.82 Å². The normalized spacial score (nSPS) is 10.3. The Labute approximate surface area is 485 Å². The van der Waals surface area contributed by atoms with Gasteiger partial charge in [-0.15, -0.1) is 0 Å². The molecule has 0 spiro atoms. The van der Waals surface area contributed by atoms with Gasteiger partial charge in [-0.1, -0.05) is 214 Å². The van der Waals surface area contributed by atoms with Crippen LogP contribution < -0.4 is 4.74 Å². The Morgan fingerprint density at radius 3 is 1.19 bits per heavy atom. The third-order valence-corrected chi connectivity index (χ3v) is 12.2. The number of pyridine rings is 4.